The molecule has 1 aromatic heterocycles. The molecule has 1 aromatic carbocycles. The van der Waals surface area contributed by atoms with E-state index < -0.39 is 7.37 Å². The van der Waals surface area contributed by atoms with E-state index >= 15 is 0 Å². The van der Waals surface area contributed by atoms with Gasteiger partial charge in [0.1, 0.15) is 12.7 Å². The average molecular weight is 249 g/mol. The van der Waals surface area contributed by atoms with Gasteiger partial charge in [0.05, 0.1) is 6.61 Å². The third kappa shape index (κ3) is 2.40. The van der Waals surface area contributed by atoms with E-state index in [1.165, 1.54) is 12.7 Å². The fourth-order valence-corrected chi connectivity index (χ4v) is 3.27. The molecule has 2 aromatic rings. The van der Waals surface area contributed by atoms with E-state index in [0.717, 1.165) is 0 Å². The highest BCUT2D eigenvalue weighted by molar-refractivity contribution is 7.73. The van der Waals surface area contributed by atoms with Crippen LogP contribution in [0, 0.1) is 0 Å². The summed E-state index contributed by atoms with van der Waals surface area (Å²) in [6.45, 7) is 2.12. The van der Waals surface area contributed by atoms with Crippen molar-refractivity contribution in [2.24, 2.45) is 0 Å². The van der Waals surface area contributed by atoms with E-state index in [1.54, 1.807) is 19.1 Å². The quantitative estimate of drug-likeness (QED) is 0.760. The lowest BCUT2D eigenvalue weighted by Gasteiger charge is -2.15. The van der Waals surface area contributed by atoms with Crippen LogP contribution < -0.4 is 10.9 Å². The fraction of sp³-hybridized carbons (Fsp3) is 0.182. The Balaban J connectivity index is 2.51. The second kappa shape index (κ2) is 5.17. The predicted octanol–water partition coefficient (Wildman–Crippen LogP) is 1.14. The Morgan fingerprint density at radius 1 is 1.18 bits per heavy atom. The summed E-state index contributed by atoms with van der Waals surface area (Å²) in [5.74, 6) is 0. The monoisotopic (exact) mass is 249 g/mol. The summed E-state index contributed by atoms with van der Waals surface area (Å²) < 4.78 is 18.2. The van der Waals surface area contributed by atoms with Crippen LogP contribution in [-0.2, 0) is 9.09 Å². The summed E-state index contributed by atoms with van der Waals surface area (Å²) >= 11 is 0. The Hall–Kier alpha value is -1.58. The molecule has 0 bridgehead atoms. The Labute approximate surface area is 99.4 Å². The normalized spacial score (nSPS) is 14.2. The number of aromatic nitrogens is 3. The zero-order chi connectivity index (χ0) is 12.1. The number of hydrogen-bond acceptors (Lipinski definition) is 5. The summed E-state index contributed by atoms with van der Waals surface area (Å²) in [6.07, 6.45) is 2.63. The Kier molecular flexibility index (Phi) is 3.61. The lowest BCUT2D eigenvalue weighted by molar-refractivity contribution is 0.346. The third-order valence-corrected chi connectivity index (χ3v) is 4.51. The molecular formula is C11H12N3O2P. The first kappa shape index (κ1) is 11.9. The van der Waals surface area contributed by atoms with Crippen molar-refractivity contribution < 1.29 is 9.09 Å². The standard InChI is InChI=1S/C11H12N3O2P/c1-2-16-17(15,10-6-4-3-5-7-10)11-13-8-12-9-14-11/h3-9H,2H2,1H3. The zero-order valence-electron chi connectivity index (χ0n) is 9.35. The van der Waals surface area contributed by atoms with Crippen molar-refractivity contribution in [1.82, 2.24) is 15.0 Å². The summed E-state index contributed by atoms with van der Waals surface area (Å²) in [7, 11) is -3.19. The molecule has 0 aliphatic rings. The van der Waals surface area contributed by atoms with Gasteiger partial charge in [0, 0.05) is 5.30 Å². The van der Waals surface area contributed by atoms with Crippen LogP contribution in [0.3, 0.4) is 0 Å². The van der Waals surface area contributed by atoms with Gasteiger partial charge in [-0.15, -0.1) is 0 Å². The first-order chi connectivity index (χ1) is 8.27. The van der Waals surface area contributed by atoms with Crippen molar-refractivity contribution >= 4 is 18.2 Å². The Bertz CT molecular complexity index is 475. The highest BCUT2D eigenvalue weighted by atomic mass is 31.2. The van der Waals surface area contributed by atoms with Gasteiger partial charge in [0.25, 0.3) is 7.37 Å². The topological polar surface area (TPSA) is 65.0 Å². The number of rotatable bonds is 4. The fourth-order valence-electron chi connectivity index (χ4n) is 1.44. The third-order valence-electron chi connectivity index (χ3n) is 2.15. The number of nitrogens with zero attached hydrogens (tertiary/aromatic N) is 3. The zero-order valence-corrected chi connectivity index (χ0v) is 10.2. The Morgan fingerprint density at radius 3 is 2.41 bits per heavy atom. The van der Waals surface area contributed by atoms with Crippen molar-refractivity contribution in [2.45, 2.75) is 6.92 Å². The van der Waals surface area contributed by atoms with Gasteiger partial charge >= 0.3 is 0 Å². The second-order valence-corrected chi connectivity index (χ2v) is 5.52. The maximum Gasteiger partial charge on any atom is 0.297 e. The predicted molar refractivity (Wildman–Crippen MR) is 64.8 cm³/mol. The van der Waals surface area contributed by atoms with E-state index in [9.17, 15) is 4.57 Å². The van der Waals surface area contributed by atoms with Gasteiger partial charge in [-0.2, -0.15) is 0 Å². The first-order valence-corrected chi connectivity index (χ1v) is 6.82. The molecule has 1 heterocycles. The maximum atomic E-state index is 12.8. The Morgan fingerprint density at radius 2 is 1.82 bits per heavy atom. The van der Waals surface area contributed by atoms with Gasteiger partial charge in [-0.05, 0) is 19.1 Å². The van der Waals surface area contributed by atoms with Crippen LogP contribution in [0.4, 0.5) is 0 Å². The van der Waals surface area contributed by atoms with E-state index in [0.29, 0.717) is 11.9 Å². The minimum atomic E-state index is -3.19. The van der Waals surface area contributed by atoms with Crippen LogP contribution in [0.1, 0.15) is 6.92 Å². The molecule has 1 unspecified atom stereocenters. The molecule has 2 rings (SSSR count). The van der Waals surface area contributed by atoms with Crippen molar-refractivity contribution in [3.05, 3.63) is 43.0 Å². The summed E-state index contributed by atoms with van der Waals surface area (Å²) in [5, 5.41) is 0.591. The summed E-state index contributed by atoms with van der Waals surface area (Å²) in [6, 6.07) is 8.97. The van der Waals surface area contributed by atoms with E-state index in [4.69, 9.17) is 4.52 Å². The molecule has 0 fully saturated rings. The van der Waals surface area contributed by atoms with E-state index in [2.05, 4.69) is 15.0 Å². The molecule has 1 atom stereocenters. The minimum absolute atomic E-state index is 0.181. The van der Waals surface area contributed by atoms with E-state index in [-0.39, 0.29) is 5.57 Å². The molecule has 0 aliphatic carbocycles. The molecule has 0 amide bonds. The van der Waals surface area contributed by atoms with Crippen LogP contribution >= 0.6 is 7.37 Å². The molecule has 0 radical (unpaired) electrons. The second-order valence-electron chi connectivity index (χ2n) is 3.24. The van der Waals surface area contributed by atoms with Gasteiger partial charge in [-0.3, -0.25) is 4.57 Å². The van der Waals surface area contributed by atoms with Crippen molar-refractivity contribution in [3.8, 4) is 0 Å². The molecule has 0 saturated carbocycles. The van der Waals surface area contributed by atoms with Crippen LogP contribution in [0.5, 0.6) is 0 Å². The van der Waals surface area contributed by atoms with Crippen molar-refractivity contribution in [3.63, 3.8) is 0 Å². The SMILES string of the molecule is CCOP(=O)(c1ccccc1)c1ncncn1. The van der Waals surface area contributed by atoms with Gasteiger partial charge in [0.15, 0.2) is 0 Å². The molecule has 0 spiro atoms. The van der Waals surface area contributed by atoms with Gasteiger partial charge in [0.2, 0.25) is 5.57 Å². The maximum absolute atomic E-state index is 12.8. The van der Waals surface area contributed by atoms with Gasteiger partial charge in [-0.1, -0.05) is 18.2 Å². The lowest BCUT2D eigenvalue weighted by atomic mass is 10.4. The van der Waals surface area contributed by atoms with E-state index in [1.807, 2.05) is 18.2 Å². The summed E-state index contributed by atoms with van der Waals surface area (Å²) in [4.78, 5) is 11.6. The molecule has 0 N–H and O–H groups in total. The van der Waals surface area contributed by atoms with Crippen LogP contribution in [0.15, 0.2) is 43.0 Å². The molecule has 0 saturated heterocycles. The van der Waals surface area contributed by atoms with Gasteiger partial charge < -0.3 is 4.52 Å². The van der Waals surface area contributed by atoms with Crippen LogP contribution in [-0.4, -0.2) is 21.6 Å². The molecular weight excluding hydrogens is 237 g/mol. The van der Waals surface area contributed by atoms with Crippen LogP contribution in [0.2, 0.25) is 0 Å². The molecule has 6 heteroatoms. The molecule has 88 valence electrons. The molecule has 5 nitrogen and oxygen atoms in total. The average Bonchev–Trinajstić information content (AvgIpc) is 2.41. The summed E-state index contributed by atoms with van der Waals surface area (Å²) in [5.41, 5.74) is 0.181. The van der Waals surface area contributed by atoms with Gasteiger partial charge in [-0.25, -0.2) is 15.0 Å². The molecule has 17 heavy (non-hydrogen) atoms. The van der Waals surface area contributed by atoms with Crippen LogP contribution in [0.25, 0.3) is 0 Å². The largest absolute Gasteiger partial charge is 0.320 e. The highest BCUT2D eigenvalue weighted by Crippen LogP contribution is 2.42. The number of benzene rings is 1. The smallest absolute Gasteiger partial charge is 0.297 e. The minimum Gasteiger partial charge on any atom is -0.320 e. The first-order valence-electron chi connectivity index (χ1n) is 5.20. The highest BCUT2D eigenvalue weighted by Gasteiger charge is 2.31. The van der Waals surface area contributed by atoms with Crippen molar-refractivity contribution in [1.29, 1.82) is 0 Å². The number of hydrogen-bond donors (Lipinski definition) is 0. The van der Waals surface area contributed by atoms with Crippen molar-refractivity contribution in [2.75, 3.05) is 6.61 Å². The molecule has 0 aliphatic heterocycles. The lowest BCUT2D eigenvalue weighted by Crippen LogP contribution is -2.23.